The number of ketones is 1. The predicted octanol–water partition coefficient (Wildman–Crippen LogP) is -0.0242. The number of carbonyl (C=O) groups is 4. The number of rotatable bonds is 2. The Labute approximate surface area is 136 Å². The molecule has 3 heterocycles. The first-order valence-corrected chi connectivity index (χ1v) is 7.68. The van der Waals surface area contributed by atoms with E-state index in [2.05, 4.69) is 5.32 Å². The molecule has 3 aliphatic heterocycles. The zero-order chi connectivity index (χ0) is 17.0. The van der Waals surface area contributed by atoms with Crippen molar-refractivity contribution in [3.63, 3.8) is 0 Å². The molecule has 1 aromatic rings. The van der Waals surface area contributed by atoms with Crippen LogP contribution in [0, 0.1) is 5.82 Å². The highest BCUT2D eigenvalue weighted by Crippen LogP contribution is 2.33. The van der Waals surface area contributed by atoms with Crippen LogP contribution in [0.4, 0.5) is 10.1 Å². The Morgan fingerprint density at radius 1 is 1.08 bits per heavy atom. The van der Waals surface area contributed by atoms with Crippen LogP contribution < -0.4 is 10.2 Å². The number of Topliss-reactive ketones (excluding diaryl/α,β-unsaturated/α-hetero) is 1. The summed E-state index contributed by atoms with van der Waals surface area (Å²) in [7, 11) is 0. The van der Waals surface area contributed by atoms with Crippen molar-refractivity contribution in [1.29, 1.82) is 0 Å². The van der Waals surface area contributed by atoms with Crippen LogP contribution in [0.15, 0.2) is 12.1 Å². The van der Waals surface area contributed by atoms with E-state index in [1.807, 2.05) is 0 Å². The summed E-state index contributed by atoms with van der Waals surface area (Å²) < 4.78 is 14.3. The first-order valence-electron chi connectivity index (χ1n) is 7.68. The van der Waals surface area contributed by atoms with Gasteiger partial charge in [0, 0.05) is 18.5 Å². The molecule has 7 nitrogen and oxygen atoms in total. The minimum atomic E-state index is -0.723. The smallest absolute Gasteiger partial charge is 0.255 e. The average molecular weight is 331 g/mol. The van der Waals surface area contributed by atoms with E-state index < -0.39 is 23.7 Å². The Hall–Kier alpha value is -2.77. The molecule has 1 unspecified atom stereocenters. The van der Waals surface area contributed by atoms with Gasteiger partial charge in [-0.3, -0.25) is 24.5 Å². The molecule has 24 heavy (non-hydrogen) atoms. The molecule has 4 rings (SSSR count). The van der Waals surface area contributed by atoms with Crippen molar-refractivity contribution >= 4 is 29.2 Å². The van der Waals surface area contributed by atoms with E-state index in [1.165, 1.54) is 11.0 Å². The maximum atomic E-state index is 14.3. The fourth-order valence-electron chi connectivity index (χ4n) is 3.37. The number of nitrogens with zero attached hydrogens (tertiary/aromatic N) is 2. The Kier molecular flexibility index (Phi) is 3.16. The van der Waals surface area contributed by atoms with Crippen LogP contribution in [0.1, 0.15) is 28.8 Å². The van der Waals surface area contributed by atoms with Crippen LogP contribution in [-0.4, -0.2) is 47.5 Å². The van der Waals surface area contributed by atoms with Gasteiger partial charge in [-0.15, -0.1) is 0 Å². The lowest BCUT2D eigenvalue weighted by atomic mass is 10.0. The van der Waals surface area contributed by atoms with Crippen LogP contribution in [-0.2, 0) is 20.9 Å². The Bertz CT molecular complexity index is 799. The topological polar surface area (TPSA) is 86.8 Å². The van der Waals surface area contributed by atoms with Crippen molar-refractivity contribution in [1.82, 2.24) is 10.2 Å². The van der Waals surface area contributed by atoms with E-state index in [1.54, 1.807) is 11.0 Å². The van der Waals surface area contributed by atoms with Crippen molar-refractivity contribution in [2.24, 2.45) is 0 Å². The van der Waals surface area contributed by atoms with Crippen molar-refractivity contribution < 1.29 is 23.6 Å². The lowest BCUT2D eigenvalue weighted by Crippen LogP contribution is -2.52. The molecule has 0 aliphatic carbocycles. The van der Waals surface area contributed by atoms with Crippen molar-refractivity contribution in [2.75, 3.05) is 18.0 Å². The molecule has 1 aromatic carbocycles. The van der Waals surface area contributed by atoms with E-state index in [4.69, 9.17) is 0 Å². The van der Waals surface area contributed by atoms with Gasteiger partial charge in [-0.25, -0.2) is 4.39 Å². The maximum absolute atomic E-state index is 14.3. The van der Waals surface area contributed by atoms with Crippen molar-refractivity contribution in [3.05, 3.63) is 29.1 Å². The summed E-state index contributed by atoms with van der Waals surface area (Å²) in [5.41, 5.74) is 1.15. The van der Waals surface area contributed by atoms with Gasteiger partial charge in [0.15, 0.2) is 5.78 Å². The number of imide groups is 1. The minimum absolute atomic E-state index is 0.0381. The van der Waals surface area contributed by atoms with Crippen LogP contribution in [0.2, 0.25) is 0 Å². The number of halogens is 1. The maximum Gasteiger partial charge on any atom is 0.255 e. The van der Waals surface area contributed by atoms with E-state index in [0.29, 0.717) is 11.3 Å². The number of piperidine rings is 1. The number of nitrogens with one attached hydrogen (secondary N) is 1. The highest BCUT2D eigenvalue weighted by molar-refractivity contribution is 6.05. The number of anilines is 1. The van der Waals surface area contributed by atoms with E-state index in [-0.39, 0.29) is 49.7 Å². The number of carbonyl (C=O) groups excluding carboxylic acids is 4. The monoisotopic (exact) mass is 331 g/mol. The fraction of sp³-hybridized carbons (Fsp3) is 0.375. The highest BCUT2D eigenvalue weighted by Gasteiger charge is 2.40. The number of benzene rings is 1. The molecule has 0 radical (unpaired) electrons. The van der Waals surface area contributed by atoms with Crippen LogP contribution in [0.5, 0.6) is 0 Å². The Balaban J connectivity index is 1.61. The normalized spacial score (nSPS) is 23.3. The van der Waals surface area contributed by atoms with Crippen LogP contribution >= 0.6 is 0 Å². The third-order valence-corrected chi connectivity index (χ3v) is 4.67. The van der Waals surface area contributed by atoms with Crippen LogP contribution in [0.3, 0.4) is 0 Å². The third-order valence-electron chi connectivity index (χ3n) is 4.67. The summed E-state index contributed by atoms with van der Waals surface area (Å²) in [4.78, 5) is 49.8. The fourth-order valence-corrected chi connectivity index (χ4v) is 3.37. The minimum Gasteiger partial charge on any atom is -0.354 e. The SMILES string of the molecule is O=C1CN(c2cc3c(cc2F)C(=O)N(C2CCC(=O)NC2=O)C3)C1. The molecule has 8 heteroatoms. The molecule has 124 valence electrons. The first-order chi connectivity index (χ1) is 11.4. The van der Waals surface area contributed by atoms with Gasteiger partial charge in [0.2, 0.25) is 11.8 Å². The Morgan fingerprint density at radius 2 is 1.83 bits per heavy atom. The van der Waals surface area contributed by atoms with E-state index >= 15 is 0 Å². The van der Waals surface area contributed by atoms with E-state index in [0.717, 1.165) is 0 Å². The van der Waals surface area contributed by atoms with Gasteiger partial charge < -0.3 is 9.80 Å². The van der Waals surface area contributed by atoms with Gasteiger partial charge in [0.05, 0.1) is 18.8 Å². The zero-order valence-corrected chi connectivity index (χ0v) is 12.7. The first kappa shape index (κ1) is 14.8. The van der Waals surface area contributed by atoms with Gasteiger partial charge in [-0.2, -0.15) is 0 Å². The number of fused-ring (bicyclic) bond motifs is 1. The van der Waals surface area contributed by atoms with Crippen molar-refractivity contribution in [3.8, 4) is 0 Å². The van der Waals surface area contributed by atoms with Gasteiger partial charge >= 0.3 is 0 Å². The summed E-state index contributed by atoms with van der Waals surface area (Å²) in [6, 6.07) is 2.02. The highest BCUT2D eigenvalue weighted by atomic mass is 19.1. The summed E-state index contributed by atoms with van der Waals surface area (Å²) in [6.07, 6.45) is 0.437. The zero-order valence-electron chi connectivity index (χ0n) is 12.7. The molecule has 0 spiro atoms. The summed E-state index contributed by atoms with van der Waals surface area (Å²) in [6.45, 7) is 0.524. The number of hydrogen-bond donors (Lipinski definition) is 1. The standard InChI is InChI=1S/C16H14FN3O4/c17-11-4-10-8(3-13(11)19-6-9(21)7-19)5-20(16(10)24)12-1-2-14(22)18-15(12)23/h3-4,12H,1-2,5-7H2,(H,18,22,23). The number of hydrogen-bond acceptors (Lipinski definition) is 5. The second kappa shape index (κ2) is 5.12. The average Bonchev–Trinajstić information content (AvgIpc) is 2.80. The molecule has 3 aliphatic rings. The molecular weight excluding hydrogens is 317 g/mol. The largest absolute Gasteiger partial charge is 0.354 e. The second-order valence-electron chi connectivity index (χ2n) is 6.26. The second-order valence-corrected chi connectivity index (χ2v) is 6.26. The molecule has 1 N–H and O–H groups in total. The van der Waals surface area contributed by atoms with Gasteiger partial charge in [0.1, 0.15) is 11.9 Å². The predicted molar refractivity (Wildman–Crippen MR) is 79.7 cm³/mol. The molecule has 1 atom stereocenters. The quantitative estimate of drug-likeness (QED) is 0.770. The molecule has 2 fully saturated rings. The summed E-state index contributed by atoms with van der Waals surface area (Å²) >= 11 is 0. The molecule has 2 saturated heterocycles. The summed E-state index contributed by atoms with van der Waals surface area (Å²) in [5.74, 6) is -1.78. The summed E-state index contributed by atoms with van der Waals surface area (Å²) in [5, 5.41) is 2.23. The lowest BCUT2D eigenvalue weighted by molar-refractivity contribution is -0.137. The molecule has 0 bridgehead atoms. The van der Waals surface area contributed by atoms with Crippen molar-refractivity contribution in [2.45, 2.75) is 25.4 Å². The van der Waals surface area contributed by atoms with Crippen LogP contribution in [0.25, 0.3) is 0 Å². The third kappa shape index (κ3) is 2.17. The van der Waals surface area contributed by atoms with E-state index in [9.17, 15) is 23.6 Å². The Morgan fingerprint density at radius 3 is 2.50 bits per heavy atom. The lowest BCUT2D eigenvalue weighted by Gasteiger charge is -2.32. The molecular formula is C16H14FN3O4. The van der Waals surface area contributed by atoms with Gasteiger partial charge in [-0.05, 0) is 24.1 Å². The molecule has 3 amide bonds. The molecule has 0 saturated carbocycles. The van der Waals surface area contributed by atoms with Gasteiger partial charge in [-0.1, -0.05) is 0 Å². The number of amides is 3. The molecule has 0 aromatic heterocycles. The van der Waals surface area contributed by atoms with Gasteiger partial charge in [0.25, 0.3) is 5.91 Å².